The second-order valence-corrected chi connectivity index (χ2v) is 7.94. The summed E-state index contributed by atoms with van der Waals surface area (Å²) in [7, 11) is 4.08. The van der Waals surface area contributed by atoms with E-state index in [1.807, 2.05) is 14.1 Å². The third-order valence-electron chi connectivity index (χ3n) is 6.02. The Hall–Kier alpha value is -3.07. The quantitative estimate of drug-likeness (QED) is 0.641. The number of rotatable bonds is 2. The zero-order chi connectivity index (χ0) is 19.3. The third kappa shape index (κ3) is 2.62. The van der Waals surface area contributed by atoms with Crippen molar-refractivity contribution in [3.05, 3.63) is 77.4 Å². The van der Waals surface area contributed by atoms with Gasteiger partial charge >= 0.3 is 0 Å². The van der Waals surface area contributed by atoms with E-state index in [0.29, 0.717) is 6.42 Å². The second-order valence-electron chi connectivity index (χ2n) is 7.94. The number of carbonyl (C=O) groups excluding carboxylic acids is 1. The number of hydrogen-bond acceptors (Lipinski definition) is 3. The molecule has 1 unspecified atom stereocenters. The zero-order valence-corrected chi connectivity index (χ0v) is 16.3. The third-order valence-corrected chi connectivity index (χ3v) is 6.02. The SMILES string of the molecule is CN(C)c1ccc(C2Nc3ccc4ccccc4c3C3=C2C(=O)CCC3)cc1. The van der Waals surface area contributed by atoms with Crippen LogP contribution in [0.25, 0.3) is 16.3 Å². The van der Waals surface area contributed by atoms with Crippen molar-refractivity contribution in [1.29, 1.82) is 0 Å². The molecule has 0 spiro atoms. The number of Topliss-reactive ketones (excluding diaryl/α,β-unsaturated/α-hetero) is 1. The van der Waals surface area contributed by atoms with E-state index in [0.717, 1.165) is 35.4 Å². The van der Waals surface area contributed by atoms with Crippen LogP contribution in [0.5, 0.6) is 0 Å². The lowest BCUT2D eigenvalue weighted by Gasteiger charge is -2.35. The van der Waals surface area contributed by atoms with Crippen molar-refractivity contribution < 1.29 is 4.79 Å². The smallest absolute Gasteiger partial charge is 0.161 e. The molecule has 2 aliphatic rings. The summed E-state index contributed by atoms with van der Waals surface area (Å²) in [6.45, 7) is 0. The van der Waals surface area contributed by atoms with Crippen LogP contribution in [0.4, 0.5) is 11.4 Å². The van der Waals surface area contributed by atoms with E-state index in [9.17, 15) is 4.79 Å². The highest BCUT2D eigenvalue weighted by Gasteiger charge is 2.34. The van der Waals surface area contributed by atoms with Crippen LogP contribution < -0.4 is 10.2 Å². The van der Waals surface area contributed by atoms with E-state index in [1.54, 1.807) is 0 Å². The molecular weight excluding hydrogens is 344 g/mol. The molecule has 0 aromatic heterocycles. The molecule has 0 radical (unpaired) electrons. The molecule has 1 aliphatic carbocycles. The minimum Gasteiger partial charge on any atom is -0.378 e. The molecule has 0 fully saturated rings. The first-order chi connectivity index (χ1) is 13.6. The van der Waals surface area contributed by atoms with Gasteiger partial charge in [-0.1, -0.05) is 42.5 Å². The molecule has 28 heavy (non-hydrogen) atoms. The van der Waals surface area contributed by atoms with Gasteiger partial charge in [-0.25, -0.2) is 0 Å². The molecule has 3 nitrogen and oxygen atoms in total. The largest absolute Gasteiger partial charge is 0.378 e. The molecule has 0 saturated carbocycles. The zero-order valence-electron chi connectivity index (χ0n) is 16.3. The molecule has 0 bridgehead atoms. The summed E-state index contributed by atoms with van der Waals surface area (Å²) in [4.78, 5) is 15.1. The summed E-state index contributed by atoms with van der Waals surface area (Å²) >= 11 is 0. The number of fused-ring (bicyclic) bond motifs is 4. The van der Waals surface area contributed by atoms with Gasteiger partial charge in [0, 0.05) is 43.0 Å². The summed E-state index contributed by atoms with van der Waals surface area (Å²) in [5.74, 6) is 0.286. The van der Waals surface area contributed by atoms with Crippen LogP contribution in [-0.4, -0.2) is 19.9 Å². The van der Waals surface area contributed by atoms with Crippen LogP contribution in [0.3, 0.4) is 0 Å². The van der Waals surface area contributed by atoms with Gasteiger partial charge in [0.2, 0.25) is 0 Å². The van der Waals surface area contributed by atoms with Gasteiger partial charge in [0.25, 0.3) is 0 Å². The molecule has 3 aromatic carbocycles. The Labute approximate surface area is 165 Å². The Kier molecular flexibility index (Phi) is 3.97. The topological polar surface area (TPSA) is 32.3 Å². The van der Waals surface area contributed by atoms with E-state index in [4.69, 9.17) is 0 Å². The molecule has 1 aliphatic heterocycles. The molecule has 1 N–H and O–H groups in total. The molecule has 0 amide bonds. The number of benzene rings is 3. The Bertz CT molecular complexity index is 1110. The molecule has 3 aromatic rings. The summed E-state index contributed by atoms with van der Waals surface area (Å²) in [5.41, 5.74) is 6.87. The molecule has 0 saturated heterocycles. The monoisotopic (exact) mass is 368 g/mol. The average Bonchev–Trinajstić information content (AvgIpc) is 2.73. The summed E-state index contributed by atoms with van der Waals surface area (Å²) in [6, 6.07) is 21.3. The minimum atomic E-state index is -0.0762. The van der Waals surface area contributed by atoms with Crippen LogP contribution in [0.1, 0.15) is 36.4 Å². The van der Waals surface area contributed by atoms with Crippen LogP contribution in [0.15, 0.2) is 66.2 Å². The Morgan fingerprint density at radius 3 is 2.50 bits per heavy atom. The Morgan fingerprint density at radius 1 is 0.929 bits per heavy atom. The minimum absolute atomic E-state index is 0.0762. The number of hydrogen-bond donors (Lipinski definition) is 1. The standard InChI is InChI=1S/C25H24N2O/c1-27(2)18-13-10-17(11-14-18)25-24-20(8-5-9-22(24)28)23-19-7-4-3-6-16(19)12-15-21(23)26-25/h3-4,6-7,10-15,25-26H,5,8-9H2,1-2H3. The number of ketones is 1. The maximum Gasteiger partial charge on any atom is 0.161 e. The maximum absolute atomic E-state index is 13.0. The van der Waals surface area contributed by atoms with Gasteiger partial charge < -0.3 is 10.2 Å². The fraction of sp³-hybridized carbons (Fsp3) is 0.240. The first-order valence-electron chi connectivity index (χ1n) is 9.95. The van der Waals surface area contributed by atoms with Crippen molar-refractivity contribution in [1.82, 2.24) is 0 Å². The lowest BCUT2D eigenvalue weighted by atomic mass is 9.77. The van der Waals surface area contributed by atoms with Crippen molar-refractivity contribution in [2.24, 2.45) is 0 Å². The van der Waals surface area contributed by atoms with Gasteiger partial charge in [-0.15, -0.1) is 0 Å². The van der Waals surface area contributed by atoms with E-state index in [-0.39, 0.29) is 11.8 Å². The van der Waals surface area contributed by atoms with E-state index >= 15 is 0 Å². The molecule has 140 valence electrons. The predicted octanol–water partition coefficient (Wildman–Crippen LogP) is 5.58. The van der Waals surface area contributed by atoms with Crippen LogP contribution in [0.2, 0.25) is 0 Å². The Balaban J connectivity index is 1.71. The van der Waals surface area contributed by atoms with E-state index < -0.39 is 0 Å². The molecule has 1 heterocycles. The van der Waals surface area contributed by atoms with Crippen molar-refractivity contribution in [3.63, 3.8) is 0 Å². The summed E-state index contributed by atoms with van der Waals surface area (Å²) < 4.78 is 0. The van der Waals surface area contributed by atoms with Gasteiger partial charge in [0.1, 0.15) is 0 Å². The van der Waals surface area contributed by atoms with Crippen molar-refractivity contribution in [2.45, 2.75) is 25.3 Å². The summed E-state index contributed by atoms with van der Waals surface area (Å²) in [5, 5.41) is 6.15. The lowest BCUT2D eigenvalue weighted by molar-refractivity contribution is -0.116. The van der Waals surface area contributed by atoms with Gasteiger partial charge in [-0.05, 0) is 52.9 Å². The normalized spacial score (nSPS) is 18.5. The van der Waals surface area contributed by atoms with Crippen LogP contribution in [0, 0.1) is 0 Å². The maximum atomic E-state index is 13.0. The lowest BCUT2D eigenvalue weighted by Crippen LogP contribution is -2.27. The first kappa shape index (κ1) is 17.1. The molecular formula is C25H24N2O. The number of anilines is 2. The van der Waals surface area contributed by atoms with Crippen LogP contribution >= 0.6 is 0 Å². The highest BCUT2D eigenvalue weighted by molar-refractivity contribution is 6.12. The highest BCUT2D eigenvalue weighted by Crippen LogP contribution is 2.47. The fourth-order valence-electron chi connectivity index (χ4n) is 4.62. The van der Waals surface area contributed by atoms with Crippen molar-refractivity contribution >= 4 is 33.5 Å². The van der Waals surface area contributed by atoms with Crippen molar-refractivity contribution in [3.8, 4) is 0 Å². The average molecular weight is 368 g/mol. The number of allylic oxidation sites excluding steroid dienone is 1. The second kappa shape index (κ2) is 6.52. The molecule has 3 heteroatoms. The number of nitrogens with one attached hydrogen (secondary N) is 1. The van der Waals surface area contributed by atoms with Crippen molar-refractivity contribution in [2.75, 3.05) is 24.3 Å². The predicted molar refractivity (Wildman–Crippen MR) is 117 cm³/mol. The number of nitrogens with zero attached hydrogens (tertiary/aromatic N) is 1. The highest BCUT2D eigenvalue weighted by atomic mass is 16.1. The fourth-order valence-corrected chi connectivity index (χ4v) is 4.62. The van der Waals surface area contributed by atoms with Gasteiger partial charge in [0.15, 0.2) is 5.78 Å². The van der Waals surface area contributed by atoms with Gasteiger partial charge in [-0.2, -0.15) is 0 Å². The summed E-state index contributed by atoms with van der Waals surface area (Å²) in [6.07, 6.45) is 2.55. The number of carbonyl (C=O) groups is 1. The molecule has 1 atom stereocenters. The van der Waals surface area contributed by atoms with Gasteiger partial charge in [0.05, 0.1) is 6.04 Å². The van der Waals surface area contributed by atoms with E-state index in [1.165, 1.54) is 21.9 Å². The molecule has 5 rings (SSSR count). The Morgan fingerprint density at radius 2 is 1.71 bits per heavy atom. The van der Waals surface area contributed by atoms with Crippen LogP contribution in [-0.2, 0) is 4.79 Å². The van der Waals surface area contributed by atoms with Gasteiger partial charge in [-0.3, -0.25) is 4.79 Å². The first-order valence-corrected chi connectivity index (χ1v) is 9.95. The van der Waals surface area contributed by atoms with E-state index in [2.05, 4.69) is 70.9 Å².